The molecule has 1 amide bonds. The molecule has 2 aliphatic heterocycles. The quantitative estimate of drug-likeness (QED) is 0.857. The number of nitrogens with zero attached hydrogens (tertiary/aromatic N) is 3. The van der Waals surface area contributed by atoms with E-state index in [0.717, 1.165) is 45.7 Å². The van der Waals surface area contributed by atoms with Crippen molar-refractivity contribution in [3.05, 3.63) is 29.8 Å². The Hall–Kier alpha value is -1.55. The van der Waals surface area contributed by atoms with Crippen molar-refractivity contribution in [2.75, 3.05) is 50.7 Å². The zero-order valence-electron chi connectivity index (χ0n) is 14.5. The monoisotopic (exact) mass is 315 g/mol. The van der Waals surface area contributed by atoms with Crippen LogP contribution >= 0.6 is 0 Å². The molecule has 0 N–H and O–H groups in total. The lowest BCUT2D eigenvalue weighted by Gasteiger charge is -2.37. The summed E-state index contributed by atoms with van der Waals surface area (Å²) in [5, 5.41) is 0. The summed E-state index contributed by atoms with van der Waals surface area (Å²) < 4.78 is 0. The molecule has 0 radical (unpaired) electrons. The van der Waals surface area contributed by atoms with Gasteiger partial charge in [0, 0.05) is 45.0 Å². The number of carbonyl (C=O) groups excluding carboxylic acids is 1. The van der Waals surface area contributed by atoms with Gasteiger partial charge in [-0.2, -0.15) is 0 Å². The van der Waals surface area contributed by atoms with Gasteiger partial charge in [0.25, 0.3) is 0 Å². The molecule has 0 spiro atoms. The van der Waals surface area contributed by atoms with Crippen LogP contribution in [0.4, 0.5) is 5.69 Å². The molecule has 2 fully saturated rings. The molecule has 126 valence electrons. The third-order valence-corrected chi connectivity index (χ3v) is 5.11. The van der Waals surface area contributed by atoms with Crippen LogP contribution in [0.2, 0.25) is 0 Å². The number of amides is 1. The largest absolute Gasteiger partial charge is 0.369 e. The van der Waals surface area contributed by atoms with Crippen LogP contribution in [-0.4, -0.2) is 61.5 Å². The number of hydrogen-bond donors (Lipinski definition) is 0. The number of likely N-dealkylation sites (tertiary alicyclic amines) is 1. The minimum absolute atomic E-state index is 0.320. The van der Waals surface area contributed by atoms with E-state index in [0.29, 0.717) is 18.4 Å². The van der Waals surface area contributed by atoms with Gasteiger partial charge < -0.3 is 9.80 Å². The number of carbonyl (C=O) groups is 1. The number of rotatable bonds is 3. The van der Waals surface area contributed by atoms with Crippen molar-refractivity contribution in [1.82, 2.24) is 9.80 Å². The number of benzene rings is 1. The third-order valence-electron chi connectivity index (χ3n) is 5.11. The fraction of sp³-hybridized carbons (Fsp3) is 0.632. The fourth-order valence-electron chi connectivity index (χ4n) is 3.70. The Balaban J connectivity index is 1.48. The Morgan fingerprint density at radius 2 is 1.96 bits per heavy atom. The van der Waals surface area contributed by atoms with Crippen molar-refractivity contribution in [3.8, 4) is 0 Å². The van der Waals surface area contributed by atoms with Gasteiger partial charge in [0.15, 0.2) is 0 Å². The van der Waals surface area contributed by atoms with E-state index in [1.807, 2.05) is 0 Å². The smallest absolute Gasteiger partial charge is 0.236 e. The summed E-state index contributed by atoms with van der Waals surface area (Å²) in [4.78, 5) is 19.3. The normalized spacial score (nSPS) is 23.1. The molecule has 2 heterocycles. The minimum Gasteiger partial charge on any atom is -0.369 e. The van der Waals surface area contributed by atoms with Crippen LogP contribution in [0.15, 0.2) is 24.3 Å². The average molecular weight is 315 g/mol. The first-order valence-electron chi connectivity index (χ1n) is 8.93. The van der Waals surface area contributed by atoms with Crippen molar-refractivity contribution in [2.24, 2.45) is 5.92 Å². The van der Waals surface area contributed by atoms with Crippen molar-refractivity contribution in [3.63, 3.8) is 0 Å². The van der Waals surface area contributed by atoms with E-state index in [2.05, 4.69) is 52.8 Å². The van der Waals surface area contributed by atoms with Gasteiger partial charge >= 0.3 is 0 Å². The highest BCUT2D eigenvalue weighted by atomic mass is 16.2. The summed E-state index contributed by atoms with van der Waals surface area (Å²) in [5.74, 6) is 0.978. The highest BCUT2D eigenvalue weighted by Crippen LogP contribution is 2.19. The van der Waals surface area contributed by atoms with Gasteiger partial charge in [-0.25, -0.2) is 0 Å². The number of hydrogen-bond acceptors (Lipinski definition) is 3. The predicted octanol–water partition coefficient (Wildman–Crippen LogP) is 2.38. The van der Waals surface area contributed by atoms with E-state index in [4.69, 9.17) is 0 Å². The molecule has 3 rings (SSSR count). The van der Waals surface area contributed by atoms with Crippen molar-refractivity contribution >= 4 is 11.6 Å². The Morgan fingerprint density at radius 3 is 2.65 bits per heavy atom. The van der Waals surface area contributed by atoms with Gasteiger partial charge in [-0.05, 0) is 43.4 Å². The summed E-state index contributed by atoms with van der Waals surface area (Å²) >= 11 is 0. The Kier molecular flexibility index (Phi) is 5.21. The summed E-state index contributed by atoms with van der Waals surface area (Å²) in [6.07, 6.45) is 2.42. The highest BCUT2D eigenvalue weighted by Gasteiger charge is 2.24. The minimum atomic E-state index is 0.320. The van der Waals surface area contributed by atoms with E-state index >= 15 is 0 Å². The summed E-state index contributed by atoms with van der Waals surface area (Å²) in [6.45, 7) is 10.8. The molecule has 1 aromatic carbocycles. The number of anilines is 1. The van der Waals surface area contributed by atoms with E-state index in [1.165, 1.54) is 17.7 Å². The molecule has 23 heavy (non-hydrogen) atoms. The number of aryl methyl sites for hydroxylation is 1. The standard InChI is InChI=1S/C19H29N3O/c1-16-5-3-7-18(13-16)21-11-9-20(10-12-21)15-19(23)22-8-4-6-17(2)14-22/h3,5,7,13,17H,4,6,8-12,14-15H2,1-2H3. The topological polar surface area (TPSA) is 26.8 Å². The van der Waals surface area contributed by atoms with Gasteiger partial charge in [0.1, 0.15) is 0 Å². The lowest BCUT2D eigenvalue weighted by molar-refractivity contribution is -0.134. The Morgan fingerprint density at radius 1 is 1.17 bits per heavy atom. The van der Waals surface area contributed by atoms with E-state index in [9.17, 15) is 4.79 Å². The average Bonchev–Trinajstić information content (AvgIpc) is 2.55. The molecule has 2 aliphatic rings. The first kappa shape index (κ1) is 16.3. The van der Waals surface area contributed by atoms with Crippen LogP contribution in [0.1, 0.15) is 25.3 Å². The predicted molar refractivity (Wildman–Crippen MR) is 94.8 cm³/mol. The molecule has 4 heteroatoms. The molecule has 0 aliphatic carbocycles. The van der Waals surface area contributed by atoms with E-state index < -0.39 is 0 Å². The van der Waals surface area contributed by atoms with E-state index in [1.54, 1.807) is 0 Å². The molecule has 0 saturated carbocycles. The number of piperazine rings is 1. The van der Waals surface area contributed by atoms with Crippen LogP contribution in [0.5, 0.6) is 0 Å². The maximum Gasteiger partial charge on any atom is 0.236 e. The first-order valence-corrected chi connectivity index (χ1v) is 8.93. The van der Waals surface area contributed by atoms with Gasteiger partial charge in [0.05, 0.1) is 6.54 Å². The summed E-state index contributed by atoms with van der Waals surface area (Å²) in [5.41, 5.74) is 2.61. The summed E-state index contributed by atoms with van der Waals surface area (Å²) in [7, 11) is 0. The Labute approximate surface area is 140 Å². The third kappa shape index (κ3) is 4.25. The second kappa shape index (κ2) is 7.35. The molecule has 1 aromatic rings. The van der Waals surface area contributed by atoms with Crippen LogP contribution in [0, 0.1) is 12.8 Å². The second-order valence-corrected chi connectivity index (χ2v) is 7.19. The first-order chi connectivity index (χ1) is 11.1. The molecular weight excluding hydrogens is 286 g/mol. The fourth-order valence-corrected chi connectivity index (χ4v) is 3.70. The van der Waals surface area contributed by atoms with Gasteiger partial charge in [-0.3, -0.25) is 9.69 Å². The SMILES string of the molecule is Cc1cccc(N2CCN(CC(=O)N3CCCC(C)C3)CC2)c1. The molecule has 2 saturated heterocycles. The maximum absolute atomic E-state index is 12.5. The molecule has 0 aromatic heterocycles. The molecule has 4 nitrogen and oxygen atoms in total. The van der Waals surface area contributed by atoms with Crippen molar-refractivity contribution in [2.45, 2.75) is 26.7 Å². The zero-order valence-corrected chi connectivity index (χ0v) is 14.5. The lowest BCUT2D eigenvalue weighted by atomic mass is 10.0. The van der Waals surface area contributed by atoms with Crippen LogP contribution in [0.25, 0.3) is 0 Å². The second-order valence-electron chi connectivity index (χ2n) is 7.19. The zero-order chi connectivity index (χ0) is 16.2. The molecular formula is C19H29N3O. The van der Waals surface area contributed by atoms with Crippen LogP contribution < -0.4 is 4.90 Å². The lowest BCUT2D eigenvalue weighted by Crippen LogP contribution is -2.51. The van der Waals surface area contributed by atoms with Gasteiger partial charge in [-0.1, -0.05) is 19.1 Å². The van der Waals surface area contributed by atoms with Crippen molar-refractivity contribution < 1.29 is 4.79 Å². The van der Waals surface area contributed by atoms with Crippen molar-refractivity contribution in [1.29, 1.82) is 0 Å². The van der Waals surface area contributed by atoms with E-state index in [-0.39, 0.29) is 0 Å². The number of piperidine rings is 1. The molecule has 1 atom stereocenters. The molecule has 0 bridgehead atoms. The van der Waals surface area contributed by atoms with Gasteiger partial charge in [0.2, 0.25) is 5.91 Å². The van der Waals surface area contributed by atoms with Crippen LogP contribution in [0.3, 0.4) is 0 Å². The summed E-state index contributed by atoms with van der Waals surface area (Å²) in [6, 6.07) is 8.69. The highest BCUT2D eigenvalue weighted by molar-refractivity contribution is 5.78. The maximum atomic E-state index is 12.5. The molecule has 1 unspecified atom stereocenters. The van der Waals surface area contributed by atoms with Crippen LogP contribution in [-0.2, 0) is 4.79 Å². The Bertz CT molecular complexity index is 537. The van der Waals surface area contributed by atoms with Gasteiger partial charge in [-0.15, -0.1) is 0 Å².